The number of anilines is 1. The van der Waals surface area contributed by atoms with E-state index in [0.29, 0.717) is 5.75 Å². The summed E-state index contributed by atoms with van der Waals surface area (Å²) in [7, 11) is 0. The number of amides is 1. The van der Waals surface area contributed by atoms with E-state index in [1.807, 2.05) is 29.2 Å². The molecule has 1 aliphatic rings. The summed E-state index contributed by atoms with van der Waals surface area (Å²) in [5, 5.41) is 0.0644. The molecule has 2 aromatic rings. The molecule has 2 aromatic carbocycles. The molecule has 0 radical (unpaired) electrons. The zero-order valence-electron chi connectivity index (χ0n) is 11.5. The zero-order valence-corrected chi connectivity index (χ0v) is 14.7. The maximum absolute atomic E-state index is 12.3. The van der Waals surface area contributed by atoms with Crippen LogP contribution in [0, 0.1) is 0 Å². The van der Waals surface area contributed by atoms with Gasteiger partial charge in [-0.25, -0.2) is 0 Å². The van der Waals surface area contributed by atoms with Crippen LogP contribution in [0.1, 0.15) is 10.9 Å². The van der Waals surface area contributed by atoms with Crippen LogP contribution in [0.2, 0.25) is 0 Å². The van der Waals surface area contributed by atoms with Crippen LogP contribution >= 0.6 is 39.5 Å². The van der Waals surface area contributed by atoms with Crippen molar-refractivity contribution in [2.24, 2.45) is 0 Å². The number of nitrogens with zero attached hydrogens (tertiary/aromatic N) is 1. The molecular formula is C16H14BrNOS2. The monoisotopic (exact) mass is 379 g/mol. The predicted octanol–water partition coefficient (Wildman–Crippen LogP) is 4.95. The fourth-order valence-corrected chi connectivity index (χ4v) is 4.17. The van der Waals surface area contributed by atoms with Crippen molar-refractivity contribution >= 4 is 51.0 Å². The molecule has 0 unspecified atom stereocenters. The summed E-state index contributed by atoms with van der Waals surface area (Å²) in [5.74, 6) is 0.701. The number of thioether (sulfide) groups is 2. The van der Waals surface area contributed by atoms with Gasteiger partial charge in [0.25, 0.3) is 0 Å². The lowest BCUT2D eigenvalue weighted by atomic mass is 10.2. The van der Waals surface area contributed by atoms with Crippen LogP contribution in [-0.4, -0.2) is 17.9 Å². The van der Waals surface area contributed by atoms with Gasteiger partial charge in [0.2, 0.25) is 5.91 Å². The molecule has 1 amide bonds. The summed E-state index contributed by atoms with van der Waals surface area (Å²) in [6.07, 6.45) is 2.07. The van der Waals surface area contributed by atoms with Gasteiger partial charge >= 0.3 is 0 Å². The van der Waals surface area contributed by atoms with E-state index in [1.165, 1.54) is 10.5 Å². The highest BCUT2D eigenvalue weighted by Crippen LogP contribution is 2.42. The second kappa shape index (κ2) is 6.46. The molecule has 21 heavy (non-hydrogen) atoms. The quantitative estimate of drug-likeness (QED) is 0.703. The Morgan fingerprint density at radius 1 is 1.14 bits per heavy atom. The van der Waals surface area contributed by atoms with Crippen LogP contribution < -0.4 is 4.90 Å². The lowest BCUT2D eigenvalue weighted by molar-refractivity contribution is -0.115. The van der Waals surface area contributed by atoms with Crippen molar-refractivity contribution < 1.29 is 4.79 Å². The fraction of sp³-hybridized carbons (Fsp3) is 0.188. The van der Waals surface area contributed by atoms with E-state index >= 15 is 0 Å². The maximum Gasteiger partial charge on any atom is 0.238 e. The molecule has 0 aromatic heterocycles. The molecule has 1 fully saturated rings. The average molecular weight is 380 g/mol. The lowest BCUT2D eigenvalue weighted by Gasteiger charge is -2.24. The number of hydrogen-bond acceptors (Lipinski definition) is 3. The Kier molecular flexibility index (Phi) is 4.62. The van der Waals surface area contributed by atoms with Crippen molar-refractivity contribution in [1.29, 1.82) is 0 Å². The minimum atomic E-state index is 0.0644. The van der Waals surface area contributed by atoms with Crippen molar-refractivity contribution in [1.82, 2.24) is 0 Å². The van der Waals surface area contributed by atoms with Crippen LogP contribution in [0.3, 0.4) is 0 Å². The third kappa shape index (κ3) is 3.15. The number of halogens is 1. The van der Waals surface area contributed by atoms with Gasteiger partial charge in [-0.15, -0.1) is 23.5 Å². The molecule has 0 N–H and O–H groups in total. The molecular weight excluding hydrogens is 366 g/mol. The highest BCUT2D eigenvalue weighted by atomic mass is 79.9. The molecule has 5 heteroatoms. The standard InChI is InChI=1S/C16H14BrNOS2/c1-20-14-8-2-11(3-9-14)16-18(15(19)10-21-16)13-6-4-12(17)5-7-13/h2-9,16H,10H2,1H3/t16-/m1/s1. The van der Waals surface area contributed by atoms with Crippen molar-refractivity contribution in [3.63, 3.8) is 0 Å². The number of benzene rings is 2. The Labute approximate surface area is 141 Å². The molecule has 0 spiro atoms. The Hall–Kier alpha value is -0.910. The lowest BCUT2D eigenvalue weighted by Crippen LogP contribution is -2.27. The summed E-state index contributed by atoms with van der Waals surface area (Å²) >= 11 is 6.84. The van der Waals surface area contributed by atoms with E-state index in [-0.39, 0.29) is 11.3 Å². The topological polar surface area (TPSA) is 20.3 Å². The molecule has 0 aliphatic carbocycles. The van der Waals surface area contributed by atoms with Gasteiger partial charge < -0.3 is 0 Å². The summed E-state index contributed by atoms with van der Waals surface area (Å²) in [4.78, 5) is 15.4. The van der Waals surface area contributed by atoms with Gasteiger partial charge in [0.1, 0.15) is 5.37 Å². The van der Waals surface area contributed by atoms with Crippen LogP contribution in [0.15, 0.2) is 57.9 Å². The van der Waals surface area contributed by atoms with Crippen molar-refractivity contribution in [2.45, 2.75) is 10.3 Å². The third-order valence-corrected chi connectivity index (χ3v) is 5.86. The number of hydrogen-bond donors (Lipinski definition) is 0. The molecule has 1 atom stereocenters. The molecule has 0 saturated carbocycles. The van der Waals surface area contributed by atoms with Crippen LogP contribution in [0.5, 0.6) is 0 Å². The molecule has 0 bridgehead atoms. The van der Waals surface area contributed by atoms with E-state index in [4.69, 9.17) is 0 Å². The number of carbonyl (C=O) groups is 1. The van der Waals surface area contributed by atoms with E-state index in [0.717, 1.165) is 10.2 Å². The molecule has 108 valence electrons. The third-order valence-electron chi connectivity index (χ3n) is 3.37. The molecule has 1 aliphatic heterocycles. The van der Waals surface area contributed by atoms with Crippen molar-refractivity contribution in [2.75, 3.05) is 16.9 Å². The fourth-order valence-electron chi connectivity index (χ4n) is 2.32. The van der Waals surface area contributed by atoms with E-state index in [1.54, 1.807) is 23.5 Å². The van der Waals surface area contributed by atoms with Gasteiger partial charge in [0, 0.05) is 15.1 Å². The largest absolute Gasteiger partial charge is 0.295 e. The molecule has 1 saturated heterocycles. The minimum Gasteiger partial charge on any atom is -0.295 e. The second-order valence-corrected chi connectivity index (χ2v) is 7.54. The normalized spacial score (nSPS) is 18.3. The van der Waals surface area contributed by atoms with Gasteiger partial charge in [-0.2, -0.15) is 0 Å². The second-order valence-electron chi connectivity index (χ2n) is 4.68. The summed E-state index contributed by atoms with van der Waals surface area (Å²) in [5.41, 5.74) is 2.12. The Morgan fingerprint density at radius 3 is 2.43 bits per heavy atom. The summed E-state index contributed by atoms with van der Waals surface area (Å²) in [6.45, 7) is 0. The molecule has 1 heterocycles. The Morgan fingerprint density at radius 2 is 1.81 bits per heavy atom. The maximum atomic E-state index is 12.3. The van der Waals surface area contributed by atoms with Crippen LogP contribution in [0.4, 0.5) is 5.69 Å². The SMILES string of the molecule is CSc1ccc([C@H]2SCC(=O)N2c2ccc(Br)cc2)cc1. The first-order valence-corrected chi connectivity index (χ1v) is 9.59. The Bertz CT molecular complexity index is 642. The van der Waals surface area contributed by atoms with Gasteiger partial charge in [0.15, 0.2) is 0 Å². The first-order valence-electron chi connectivity index (χ1n) is 6.52. The van der Waals surface area contributed by atoms with E-state index in [2.05, 4.69) is 46.5 Å². The summed E-state index contributed by atoms with van der Waals surface area (Å²) < 4.78 is 1.02. The van der Waals surface area contributed by atoms with Gasteiger partial charge in [-0.3, -0.25) is 9.69 Å². The van der Waals surface area contributed by atoms with Crippen molar-refractivity contribution in [3.8, 4) is 0 Å². The van der Waals surface area contributed by atoms with E-state index in [9.17, 15) is 4.79 Å². The van der Waals surface area contributed by atoms with E-state index < -0.39 is 0 Å². The van der Waals surface area contributed by atoms with Crippen LogP contribution in [0.25, 0.3) is 0 Å². The first kappa shape index (κ1) is 15.0. The summed E-state index contributed by atoms with van der Waals surface area (Å²) in [6, 6.07) is 16.4. The Balaban J connectivity index is 1.93. The molecule has 3 rings (SSSR count). The van der Waals surface area contributed by atoms with Gasteiger partial charge in [-0.1, -0.05) is 28.1 Å². The van der Waals surface area contributed by atoms with Crippen LogP contribution in [-0.2, 0) is 4.79 Å². The predicted molar refractivity (Wildman–Crippen MR) is 95.1 cm³/mol. The highest BCUT2D eigenvalue weighted by molar-refractivity contribution is 9.10. The average Bonchev–Trinajstić information content (AvgIpc) is 2.90. The highest BCUT2D eigenvalue weighted by Gasteiger charge is 2.33. The zero-order chi connectivity index (χ0) is 14.8. The van der Waals surface area contributed by atoms with Gasteiger partial charge in [-0.05, 0) is 48.2 Å². The number of carbonyl (C=O) groups excluding carboxylic acids is 1. The van der Waals surface area contributed by atoms with Gasteiger partial charge in [0.05, 0.1) is 5.75 Å². The molecule has 2 nitrogen and oxygen atoms in total. The number of rotatable bonds is 3. The smallest absolute Gasteiger partial charge is 0.238 e. The minimum absolute atomic E-state index is 0.0644. The van der Waals surface area contributed by atoms with Crippen molar-refractivity contribution in [3.05, 3.63) is 58.6 Å². The first-order chi connectivity index (χ1) is 10.2.